The molecule has 6 N–H and O–H groups in total. The molecule has 0 fully saturated rings. The first-order valence-corrected chi connectivity index (χ1v) is 10.8. The molecule has 0 aliphatic heterocycles. The second kappa shape index (κ2) is 13.1. The SMILES string of the molecule is CCCCNC(=O)OC(C)C(N)C(N)(c1ccccc1)C(C)OC(=O)NCCCC. The van der Waals surface area contributed by atoms with Crippen LogP contribution in [0.1, 0.15) is 58.9 Å². The zero-order chi connectivity index (χ0) is 22.6. The summed E-state index contributed by atoms with van der Waals surface area (Å²) in [6, 6.07) is 8.35. The zero-order valence-corrected chi connectivity index (χ0v) is 18.6. The average Bonchev–Trinajstić information content (AvgIpc) is 2.73. The number of amides is 2. The molecular weight excluding hydrogens is 384 g/mol. The molecule has 2 amide bonds. The molecule has 0 bridgehead atoms. The molecule has 0 aliphatic rings. The van der Waals surface area contributed by atoms with Crippen LogP contribution < -0.4 is 22.1 Å². The van der Waals surface area contributed by atoms with Gasteiger partial charge in [0.25, 0.3) is 0 Å². The molecule has 8 nitrogen and oxygen atoms in total. The van der Waals surface area contributed by atoms with Crippen molar-refractivity contribution in [3.8, 4) is 0 Å². The minimum absolute atomic E-state index is 0.522. The van der Waals surface area contributed by atoms with E-state index in [4.69, 9.17) is 20.9 Å². The molecule has 4 unspecified atom stereocenters. The summed E-state index contributed by atoms with van der Waals surface area (Å²) in [6.07, 6.45) is 1.04. The van der Waals surface area contributed by atoms with Gasteiger partial charge in [-0.2, -0.15) is 0 Å². The lowest BCUT2D eigenvalue weighted by Gasteiger charge is -2.42. The quantitative estimate of drug-likeness (QED) is 0.383. The van der Waals surface area contributed by atoms with Crippen molar-refractivity contribution in [2.45, 2.75) is 77.2 Å². The number of rotatable bonds is 12. The first kappa shape index (κ1) is 25.7. The molecule has 0 aliphatic carbocycles. The maximum Gasteiger partial charge on any atom is 0.407 e. The predicted octanol–water partition coefficient (Wildman–Crippen LogP) is 3.00. The molecule has 8 heteroatoms. The van der Waals surface area contributed by atoms with Crippen LogP contribution in [0.5, 0.6) is 0 Å². The van der Waals surface area contributed by atoms with Crippen LogP contribution in [0.2, 0.25) is 0 Å². The number of unbranched alkanes of at least 4 members (excludes halogenated alkanes) is 2. The third-order valence-electron chi connectivity index (χ3n) is 5.18. The molecule has 0 heterocycles. The Morgan fingerprint density at radius 2 is 1.47 bits per heavy atom. The second-order valence-corrected chi connectivity index (χ2v) is 7.54. The van der Waals surface area contributed by atoms with Crippen molar-refractivity contribution in [2.75, 3.05) is 13.1 Å². The Balaban J connectivity index is 2.95. The van der Waals surface area contributed by atoms with Crippen LogP contribution in [0, 0.1) is 0 Å². The number of hydrogen-bond donors (Lipinski definition) is 4. The van der Waals surface area contributed by atoms with E-state index in [0.717, 1.165) is 25.7 Å². The molecule has 1 aromatic carbocycles. The number of nitrogens with one attached hydrogen (secondary N) is 2. The number of carbonyl (C=O) groups excluding carboxylic acids is 2. The van der Waals surface area contributed by atoms with Gasteiger partial charge in [0, 0.05) is 13.1 Å². The highest BCUT2D eigenvalue weighted by Gasteiger charge is 2.45. The van der Waals surface area contributed by atoms with Crippen molar-refractivity contribution in [3.63, 3.8) is 0 Å². The fourth-order valence-corrected chi connectivity index (χ4v) is 3.13. The summed E-state index contributed by atoms with van der Waals surface area (Å²) < 4.78 is 11.0. The van der Waals surface area contributed by atoms with Crippen molar-refractivity contribution in [3.05, 3.63) is 35.9 Å². The third-order valence-corrected chi connectivity index (χ3v) is 5.18. The fourth-order valence-electron chi connectivity index (χ4n) is 3.13. The summed E-state index contributed by atoms with van der Waals surface area (Å²) in [5, 5.41) is 5.41. The van der Waals surface area contributed by atoms with Gasteiger partial charge in [0.1, 0.15) is 12.2 Å². The van der Waals surface area contributed by atoms with Gasteiger partial charge < -0.3 is 31.6 Å². The molecule has 0 saturated heterocycles. The van der Waals surface area contributed by atoms with Crippen LogP contribution in [-0.2, 0) is 15.0 Å². The van der Waals surface area contributed by atoms with Crippen LogP contribution in [0.3, 0.4) is 0 Å². The minimum atomic E-state index is -1.27. The topological polar surface area (TPSA) is 129 Å². The smallest absolute Gasteiger partial charge is 0.407 e. The lowest BCUT2D eigenvalue weighted by atomic mass is 9.77. The number of hydrogen-bond acceptors (Lipinski definition) is 6. The first-order valence-electron chi connectivity index (χ1n) is 10.8. The van der Waals surface area contributed by atoms with E-state index >= 15 is 0 Å². The van der Waals surface area contributed by atoms with E-state index in [1.165, 1.54) is 0 Å². The maximum absolute atomic E-state index is 12.2. The Kier molecular flexibility index (Phi) is 11.2. The normalized spacial score (nSPS) is 15.9. The lowest BCUT2D eigenvalue weighted by molar-refractivity contribution is 0.0106. The highest BCUT2D eigenvalue weighted by atomic mass is 16.6. The molecule has 4 atom stereocenters. The molecule has 0 saturated carbocycles. The van der Waals surface area contributed by atoms with E-state index in [9.17, 15) is 9.59 Å². The van der Waals surface area contributed by atoms with Gasteiger partial charge in [0.2, 0.25) is 0 Å². The van der Waals surface area contributed by atoms with Crippen molar-refractivity contribution in [2.24, 2.45) is 11.5 Å². The number of nitrogens with two attached hydrogens (primary N) is 2. The van der Waals surface area contributed by atoms with E-state index in [1.807, 2.05) is 44.2 Å². The van der Waals surface area contributed by atoms with Crippen LogP contribution >= 0.6 is 0 Å². The monoisotopic (exact) mass is 422 g/mol. The Bertz CT molecular complexity index is 643. The first-order chi connectivity index (χ1) is 14.3. The molecule has 30 heavy (non-hydrogen) atoms. The molecule has 0 aromatic heterocycles. The highest BCUT2D eigenvalue weighted by molar-refractivity contribution is 5.68. The van der Waals surface area contributed by atoms with Gasteiger partial charge in [-0.3, -0.25) is 0 Å². The predicted molar refractivity (Wildman–Crippen MR) is 118 cm³/mol. The number of carbonyl (C=O) groups is 2. The third kappa shape index (κ3) is 7.50. The van der Waals surface area contributed by atoms with Gasteiger partial charge in [-0.25, -0.2) is 9.59 Å². The van der Waals surface area contributed by atoms with Gasteiger partial charge in [0.15, 0.2) is 0 Å². The van der Waals surface area contributed by atoms with Crippen LogP contribution in [0.4, 0.5) is 9.59 Å². The summed E-state index contributed by atoms with van der Waals surface area (Å²) in [6.45, 7) is 8.50. The van der Waals surface area contributed by atoms with Crippen molar-refractivity contribution >= 4 is 12.2 Å². The standard InChI is InChI=1S/C22H38N4O4/c1-5-7-14-25-20(27)29-16(3)19(23)22(24,18-12-10-9-11-13-18)17(4)30-21(28)26-15-8-6-2/h9-13,16-17,19H,5-8,14-15,23-24H2,1-4H3,(H,25,27)(H,26,28). The van der Waals surface area contributed by atoms with E-state index in [2.05, 4.69) is 10.6 Å². The van der Waals surface area contributed by atoms with Crippen LogP contribution in [0.25, 0.3) is 0 Å². The Morgan fingerprint density at radius 1 is 0.967 bits per heavy atom. The molecule has 1 aromatic rings. The number of benzene rings is 1. The molecule has 1 rings (SSSR count). The van der Waals surface area contributed by atoms with Crippen molar-refractivity contribution in [1.29, 1.82) is 0 Å². The summed E-state index contributed by atoms with van der Waals surface area (Å²) in [7, 11) is 0. The van der Waals surface area contributed by atoms with E-state index < -0.39 is 36.0 Å². The van der Waals surface area contributed by atoms with Crippen molar-refractivity contribution < 1.29 is 19.1 Å². The Morgan fingerprint density at radius 3 is 1.97 bits per heavy atom. The lowest BCUT2D eigenvalue weighted by Crippen LogP contribution is -2.64. The fraction of sp³-hybridized carbons (Fsp3) is 0.636. The number of alkyl carbamates (subject to hydrolysis) is 2. The summed E-state index contributed by atoms with van der Waals surface area (Å²) >= 11 is 0. The van der Waals surface area contributed by atoms with Gasteiger partial charge in [0.05, 0.1) is 11.6 Å². The van der Waals surface area contributed by atoms with E-state index in [-0.39, 0.29) is 0 Å². The van der Waals surface area contributed by atoms with Gasteiger partial charge >= 0.3 is 12.2 Å². The second-order valence-electron chi connectivity index (χ2n) is 7.54. The molecular formula is C22H38N4O4. The van der Waals surface area contributed by atoms with Gasteiger partial charge in [-0.1, -0.05) is 57.0 Å². The van der Waals surface area contributed by atoms with Gasteiger partial charge in [-0.05, 0) is 32.3 Å². The van der Waals surface area contributed by atoms with E-state index in [1.54, 1.807) is 13.8 Å². The zero-order valence-electron chi connectivity index (χ0n) is 18.6. The Labute approximate surface area is 180 Å². The Hall–Kier alpha value is -2.32. The summed E-state index contributed by atoms with van der Waals surface area (Å²) in [5.41, 5.74) is 12.7. The molecule has 0 radical (unpaired) electrons. The van der Waals surface area contributed by atoms with Gasteiger partial charge in [-0.15, -0.1) is 0 Å². The van der Waals surface area contributed by atoms with E-state index in [0.29, 0.717) is 18.7 Å². The molecule has 170 valence electrons. The largest absolute Gasteiger partial charge is 0.445 e. The highest BCUT2D eigenvalue weighted by Crippen LogP contribution is 2.30. The summed E-state index contributed by atoms with van der Waals surface area (Å²) in [5.74, 6) is 0. The van der Waals surface area contributed by atoms with Crippen LogP contribution in [0.15, 0.2) is 30.3 Å². The maximum atomic E-state index is 12.2. The minimum Gasteiger partial charge on any atom is -0.445 e. The molecule has 0 spiro atoms. The summed E-state index contributed by atoms with van der Waals surface area (Å²) in [4.78, 5) is 24.3. The number of ether oxygens (including phenoxy) is 2. The van der Waals surface area contributed by atoms with Crippen molar-refractivity contribution in [1.82, 2.24) is 10.6 Å². The van der Waals surface area contributed by atoms with Crippen LogP contribution in [-0.4, -0.2) is 43.5 Å². The average molecular weight is 423 g/mol.